The molecule has 0 bridgehead atoms. The number of fused-ring (bicyclic) bond motifs is 2. The summed E-state index contributed by atoms with van der Waals surface area (Å²) in [6, 6.07) is 0. The van der Waals surface area contributed by atoms with Gasteiger partial charge in [0.05, 0.1) is 6.26 Å². The number of ether oxygens (including phenoxy) is 1. The largest absolute Gasteiger partial charge is 0.461 e. The Bertz CT molecular complexity index is 711. The molecule has 3 rings (SSSR count). The van der Waals surface area contributed by atoms with Crippen LogP contribution in [-0.2, 0) is 16.0 Å². The zero-order valence-electron chi connectivity index (χ0n) is 15.1. The van der Waals surface area contributed by atoms with Gasteiger partial charge in [-0.25, -0.2) is 4.79 Å². The first-order valence-electron chi connectivity index (χ1n) is 8.73. The van der Waals surface area contributed by atoms with Gasteiger partial charge in [-0.15, -0.1) is 0 Å². The molecule has 0 radical (unpaired) electrons. The van der Waals surface area contributed by atoms with Crippen LogP contribution in [0.1, 0.15) is 62.2 Å². The Balaban J connectivity index is 1.87. The van der Waals surface area contributed by atoms with Gasteiger partial charge in [0.25, 0.3) is 0 Å². The van der Waals surface area contributed by atoms with Crippen molar-refractivity contribution >= 4 is 11.8 Å². The number of ketones is 1. The van der Waals surface area contributed by atoms with E-state index in [1.54, 1.807) is 19.3 Å². The Morgan fingerprint density at radius 1 is 1.42 bits per heavy atom. The first kappa shape index (κ1) is 17.0. The second-order valence-electron chi connectivity index (χ2n) is 7.70. The van der Waals surface area contributed by atoms with Gasteiger partial charge >= 0.3 is 5.97 Å². The summed E-state index contributed by atoms with van der Waals surface area (Å²) in [5.74, 6) is 0.450. The number of rotatable bonds is 2. The molecule has 0 aliphatic heterocycles. The molecule has 1 fully saturated rings. The minimum absolute atomic E-state index is 0.0715. The zero-order chi connectivity index (χ0) is 17.6. The summed E-state index contributed by atoms with van der Waals surface area (Å²) in [5.41, 5.74) is 2.63. The quantitative estimate of drug-likeness (QED) is 0.600. The Morgan fingerprint density at radius 3 is 2.79 bits per heavy atom. The number of hydrogen-bond acceptors (Lipinski definition) is 4. The SMILES string of the molecule is C/C=C(/C)C(=O)O[C@H]1C[C@@H]2C(=O)c3occ(C)c3C[C@]2(C)[C@@H](C)C1. The van der Waals surface area contributed by atoms with Crippen LogP contribution in [0.15, 0.2) is 22.3 Å². The highest BCUT2D eigenvalue weighted by Crippen LogP contribution is 2.53. The van der Waals surface area contributed by atoms with Gasteiger partial charge in [-0.05, 0) is 56.9 Å². The van der Waals surface area contributed by atoms with Gasteiger partial charge < -0.3 is 9.15 Å². The number of carbonyl (C=O) groups excluding carboxylic acids is 2. The molecule has 1 aromatic rings. The van der Waals surface area contributed by atoms with Crippen molar-refractivity contribution in [3.05, 3.63) is 34.8 Å². The average molecular weight is 330 g/mol. The highest BCUT2D eigenvalue weighted by Gasteiger charge is 2.53. The summed E-state index contributed by atoms with van der Waals surface area (Å²) < 4.78 is 11.2. The molecule has 2 aliphatic rings. The van der Waals surface area contributed by atoms with Crippen LogP contribution in [-0.4, -0.2) is 17.9 Å². The Labute approximate surface area is 143 Å². The Hall–Kier alpha value is -1.84. The molecule has 0 spiro atoms. The molecule has 0 N–H and O–H groups in total. The monoisotopic (exact) mass is 330 g/mol. The lowest BCUT2D eigenvalue weighted by Crippen LogP contribution is -2.50. The third kappa shape index (κ3) is 2.52. The number of esters is 1. The molecule has 4 atom stereocenters. The van der Waals surface area contributed by atoms with Crippen LogP contribution >= 0.6 is 0 Å². The van der Waals surface area contributed by atoms with Gasteiger partial charge in [0, 0.05) is 17.1 Å². The van der Waals surface area contributed by atoms with Crippen LogP contribution in [0.2, 0.25) is 0 Å². The third-order valence-corrected chi connectivity index (χ3v) is 6.27. The first-order valence-corrected chi connectivity index (χ1v) is 8.73. The second kappa shape index (κ2) is 5.91. The van der Waals surface area contributed by atoms with Crippen molar-refractivity contribution in [3.63, 3.8) is 0 Å². The number of carbonyl (C=O) groups is 2. The van der Waals surface area contributed by atoms with Crippen molar-refractivity contribution in [1.82, 2.24) is 0 Å². The van der Waals surface area contributed by atoms with E-state index in [1.165, 1.54) is 0 Å². The summed E-state index contributed by atoms with van der Waals surface area (Å²) in [4.78, 5) is 25.1. The van der Waals surface area contributed by atoms with Crippen molar-refractivity contribution in [2.45, 2.75) is 60.0 Å². The molecule has 1 saturated carbocycles. The molecular formula is C20H26O4. The maximum absolute atomic E-state index is 13.0. The van der Waals surface area contributed by atoms with E-state index >= 15 is 0 Å². The van der Waals surface area contributed by atoms with Gasteiger partial charge in [-0.3, -0.25) is 4.79 Å². The lowest BCUT2D eigenvalue weighted by molar-refractivity contribution is -0.150. The lowest BCUT2D eigenvalue weighted by Gasteiger charge is -2.49. The Kier molecular flexibility index (Phi) is 4.18. The second-order valence-corrected chi connectivity index (χ2v) is 7.70. The van der Waals surface area contributed by atoms with Crippen LogP contribution in [0.4, 0.5) is 0 Å². The van der Waals surface area contributed by atoms with Gasteiger partial charge in [0.2, 0.25) is 5.78 Å². The maximum Gasteiger partial charge on any atom is 0.333 e. The molecular weight excluding hydrogens is 304 g/mol. The first-order chi connectivity index (χ1) is 11.3. The van der Waals surface area contributed by atoms with Crippen molar-refractivity contribution in [2.75, 3.05) is 0 Å². The number of Topliss-reactive ketones (excluding diaryl/α,β-unsaturated/α-hetero) is 1. The summed E-state index contributed by atoms with van der Waals surface area (Å²) in [6.45, 7) is 9.94. The van der Waals surface area contributed by atoms with Crippen molar-refractivity contribution in [1.29, 1.82) is 0 Å². The molecule has 0 aromatic carbocycles. The third-order valence-electron chi connectivity index (χ3n) is 6.27. The number of aryl methyl sites for hydroxylation is 1. The molecule has 24 heavy (non-hydrogen) atoms. The van der Waals surface area contributed by atoms with Crippen molar-refractivity contribution < 1.29 is 18.7 Å². The number of furan rings is 1. The van der Waals surface area contributed by atoms with Gasteiger partial charge in [-0.1, -0.05) is 19.9 Å². The van der Waals surface area contributed by atoms with Gasteiger partial charge in [-0.2, -0.15) is 0 Å². The van der Waals surface area contributed by atoms with Crippen molar-refractivity contribution in [3.8, 4) is 0 Å². The molecule has 1 heterocycles. The van der Waals surface area contributed by atoms with E-state index in [1.807, 2.05) is 13.8 Å². The predicted molar refractivity (Wildman–Crippen MR) is 90.8 cm³/mol. The van der Waals surface area contributed by atoms with Crippen LogP contribution < -0.4 is 0 Å². The number of hydrogen-bond donors (Lipinski definition) is 0. The highest BCUT2D eigenvalue weighted by atomic mass is 16.5. The highest BCUT2D eigenvalue weighted by molar-refractivity contribution is 5.99. The summed E-state index contributed by atoms with van der Waals surface area (Å²) >= 11 is 0. The Morgan fingerprint density at radius 2 is 2.12 bits per heavy atom. The molecule has 0 amide bonds. The fourth-order valence-corrected chi connectivity index (χ4v) is 4.23. The summed E-state index contributed by atoms with van der Waals surface area (Å²) in [7, 11) is 0. The summed E-state index contributed by atoms with van der Waals surface area (Å²) in [5, 5.41) is 0. The summed E-state index contributed by atoms with van der Waals surface area (Å²) in [6.07, 6.45) is 5.47. The topological polar surface area (TPSA) is 56.5 Å². The fourth-order valence-electron chi connectivity index (χ4n) is 4.23. The molecule has 0 saturated heterocycles. The van der Waals surface area contributed by atoms with E-state index in [4.69, 9.17) is 9.15 Å². The lowest BCUT2D eigenvalue weighted by atomic mass is 9.54. The van der Waals surface area contributed by atoms with Crippen LogP contribution in [0, 0.1) is 24.2 Å². The fraction of sp³-hybridized carbons (Fsp3) is 0.600. The number of allylic oxidation sites excluding steroid dienone is 1. The molecule has 1 aromatic heterocycles. The normalized spacial score (nSPS) is 33.0. The standard InChI is InChI=1S/C20H26O4/c1-6-11(2)19(22)24-14-7-13(4)20(5)9-15-12(3)10-23-18(15)17(21)16(20)8-14/h6,10,13-14,16H,7-9H2,1-5H3/b11-6-/t13-,14+,16+,20+/m0/s1. The maximum atomic E-state index is 13.0. The van der Waals surface area contributed by atoms with E-state index in [0.29, 0.717) is 23.7 Å². The molecule has 0 unspecified atom stereocenters. The smallest absolute Gasteiger partial charge is 0.333 e. The minimum Gasteiger partial charge on any atom is -0.461 e. The average Bonchev–Trinajstić information content (AvgIpc) is 2.90. The molecule has 4 heteroatoms. The minimum atomic E-state index is -0.281. The van der Waals surface area contributed by atoms with Gasteiger partial charge in [0.15, 0.2) is 5.76 Å². The zero-order valence-corrected chi connectivity index (χ0v) is 15.1. The molecule has 130 valence electrons. The predicted octanol–water partition coefficient (Wildman–Crippen LogP) is 4.26. The van der Waals surface area contributed by atoms with Crippen LogP contribution in [0.5, 0.6) is 0 Å². The van der Waals surface area contributed by atoms with Gasteiger partial charge in [0.1, 0.15) is 6.10 Å². The van der Waals surface area contributed by atoms with E-state index in [-0.39, 0.29) is 29.2 Å². The molecule has 4 nitrogen and oxygen atoms in total. The molecule has 2 aliphatic carbocycles. The van der Waals surface area contributed by atoms with Crippen LogP contribution in [0.25, 0.3) is 0 Å². The van der Waals surface area contributed by atoms with E-state index in [9.17, 15) is 9.59 Å². The van der Waals surface area contributed by atoms with E-state index < -0.39 is 0 Å². The van der Waals surface area contributed by atoms with E-state index in [0.717, 1.165) is 24.0 Å². The van der Waals surface area contributed by atoms with E-state index in [2.05, 4.69) is 13.8 Å². The van der Waals surface area contributed by atoms with Crippen molar-refractivity contribution in [2.24, 2.45) is 17.3 Å². The van der Waals surface area contributed by atoms with Crippen LogP contribution in [0.3, 0.4) is 0 Å².